The number of halogens is 1. The van der Waals surface area contributed by atoms with Crippen molar-refractivity contribution in [2.24, 2.45) is 0 Å². The number of Topliss-reactive ketones (excluding diaryl/α,β-unsaturated/α-hetero) is 1. The Morgan fingerprint density at radius 2 is 1.74 bits per heavy atom. The topological polar surface area (TPSA) is 83.3 Å². The molecule has 190 valence electrons. The van der Waals surface area contributed by atoms with Crippen LogP contribution >= 0.6 is 0 Å². The Bertz CT molecular complexity index is 1680. The zero-order chi connectivity index (χ0) is 26.6. The van der Waals surface area contributed by atoms with E-state index in [0.29, 0.717) is 46.0 Å². The number of fused-ring (bicyclic) bond motifs is 1. The van der Waals surface area contributed by atoms with Crippen LogP contribution in [0.2, 0.25) is 0 Å². The minimum atomic E-state index is -0.391. The number of benzene rings is 2. The SMILES string of the molecule is CCn1cc(C(=O)Cc2ccc(Oc3ccnc4cc(OC)cnc34)cc2)c(=O)c(-c2ccc(F)cc2)c1. The first-order valence-corrected chi connectivity index (χ1v) is 12.0. The van der Waals surface area contributed by atoms with E-state index in [1.54, 1.807) is 72.9 Å². The van der Waals surface area contributed by atoms with E-state index in [4.69, 9.17) is 9.47 Å². The van der Waals surface area contributed by atoms with Gasteiger partial charge >= 0.3 is 0 Å². The number of methoxy groups -OCH3 is 1. The molecule has 2 aromatic carbocycles. The Morgan fingerprint density at radius 1 is 0.974 bits per heavy atom. The van der Waals surface area contributed by atoms with Crippen molar-refractivity contribution in [2.75, 3.05) is 7.11 Å². The number of pyridine rings is 3. The Kier molecular flexibility index (Phi) is 6.95. The average Bonchev–Trinajstić information content (AvgIpc) is 2.94. The molecule has 8 heteroatoms. The summed E-state index contributed by atoms with van der Waals surface area (Å²) in [6.07, 6.45) is 6.54. The van der Waals surface area contributed by atoms with Gasteiger partial charge in [0.2, 0.25) is 0 Å². The van der Waals surface area contributed by atoms with Crippen molar-refractivity contribution in [1.82, 2.24) is 14.5 Å². The molecule has 7 nitrogen and oxygen atoms in total. The van der Waals surface area contributed by atoms with E-state index in [1.165, 1.54) is 24.3 Å². The number of hydrogen-bond donors (Lipinski definition) is 0. The van der Waals surface area contributed by atoms with Gasteiger partial charge in [0.1, 0.15) is 22.8 Å². The molecule has 0 aliphatic carbocycles. The summed E-state index contributed by atoms with van der Waals surface area (Å²) in [4.78, 5) is 35.1. The van der Waals surface area contributed by atoms with Gasteiger partial charge in [0, 0.05) is 49.3 Å². The molecule has 3 heterocycles. The highest BCUT2D eigenvalue weighted by Gasteiger charge is 2.17. The van der Waals surface area contributed by atoms with Crippen molar-refractivity contribution < 1.29 is 18.7 Å². The Balaban J connectivity index is 1.36. The number of aryl methyl sites for hydroxylation is 1. The number of hydrogen-bond acceptors (Lipinski definition) is 6. The summed E-state index contributed by atoms with van der Waals surface area (Å²) in [5, 5.41) is 0. The summed E-state index contributed by atoms with van der Waals surface area (Å²) in [6.45, 7) is 2.50. The molecule has 38 heavy (non-hydrogen) atoms. The largest absolute Gasteiger partial charge is 0.495 e. The normalized spacial score (nSPS) is 10.9. The van der Waals surface area contributed by atoms with Crippen LogP contribution in [0, 0.1) is 5.82 Å². The maximum atomic E-state index is 13.4. The number of nitrogens with zero attached hydrogens (tertiary/aromatic N) is 3. The van der Waals surface area contributed by atoms with Crippen molar-refractivity contribution in [3.63, 3.8) is 0 Å². The molecule has 0 bridgehead atoms. The molecule has 0 unspecified atom stereocenters. The van der Waals surface area contributed by atoms with Gasteiger partial charge in [-0.2, -0.15) is 0 Å². The van der Waals surface area contributed by atoms with E-state index in [2.05, 4.69) is 9.97 Å². The summed E-state index contributed by atoms with van der Waals surface area (Å²) in [6, 6.07) is 16.3. The number of rotatable bonds is 8. The summed E-state index contributed by atoms with van der Waals surface area (Å²) in [5.74, 6) is 1.02. The van der Waals surface area contributed by atoms with E-state index in [1.807, 2.05) is 6.92 Å². The van der Waals surface area contributed by atoms with Gasteiger partial charge < -0.3 is 14.0 Å². The number of carbonyl (C=O) groups is 1. The summed E-state index contributed by atoms with van der Waals surface area (Å²) in [7, 11) is 1.57. The van der Waals surface area contributed by atoms with Gasteiger partial charge in [0.15, 0.2) is 17.0 Å². The van der Waals surface area contributed by atoms with Crippen LogP contribution < -0.4 is 14.9 Å². The van der Waals surface area contributed by atoms with E-state index in [0.717, 1.165) is 5.56 Å². The summed E-state index contributed by atoms with van der Waals surface area (Å²) < 4.78 is 26.4. The second-order valence-corrected chi connectivity index (χ2v) is 8.65. The third kappa shape index (κ3) is 5.15. The molecule has 5 aromatic rings. The van der Waals surface area contributed by atoms with E-state index in [-0.39, 0.29) is 23.2 Å². The molecule has 0 aliphatic heterocycles. The van der Waals surface area contributed by atoms with Crippen LogP contribution in [0.4, 0.5) is 4.39 Å². The minimum Gasteiger partial charge on any atom is -0.495 e. The lowest BCUT2D eigenvalue weighted by Crippen LogP contribution is -2.21. The van der Waals surface area contributed by atoms with Gasteiger partial charge in [-0.25, -0.2) is 9.37 Å². The van der Waals surface area contributed by atoms with Crippen LogP contribution in [0.1, 0.15) is 22.8 Å². The first kappa shape index (κ1) is 24.8. The first-order valence-electron chi connectivity index (χ1n) is 12.0. The zero-order valence-corrected chi connectivity index (χ0v) is 20.8. The van der Waals surface area contributed by atoms with Crippen molar-refractivity contribution in [3.8, 4) is 28.4 Å². The molecule has 0 radical (unpaired) electrons. The zero-order valence-electron chi connectivity index (χ0n) is 20.8. The van der Waals surface area contributed by atoms with Crippen LogP contribution in [0.25, 0.3) is 22.2 Å². The van der Waals surface area contributed by atoms with E-state index < -0.39 is 5.82 Å². The molecule has 0 spiro atoms. The first-order chi connectivity index (χ1) is 18.4. The Hall–Kier alpha value is -4.85. The molecule has 0 aliphatic rings. The predicted molar refractivity (Wildman–Crippen MR) is 142 cm³/mol. The minimum absolute atomic E-state index is 0.0473. The van der Waals surface area contributed by atoms with Crippen molar-refractivity contribution in [2.45, 2.75) is 19.9 Å². The molecule has 3 aromatic heterocycles. The maximum absolute atomic E-state index is 13.4. The fourth-order valence-corrected chi connectivity index (χ4v) is 4.11. The van der Waals surface area contributed by atoms with Crippen LogP contribution in [0.5, 0.6) is 17.2 Å². The molecular weight excluding hydrogens is 485 g/mol. The number of ketones is 1. The average molecular weight is 510 g/mol. The third-order valence-electron chi connectivity index (χ3n) is 6.17. The van der Waals surface area contributed by atoms with Gasteiger partial charge in [-0.05, 0) is 42.3 Å². The lowest BCUT2D eigenvalue weighted by atomic mass is 9.99. The third-order valence-corrected chi connectivity index (χ3v) is 6.17. The standard InChI is InChI=1S/C30H24FN3O4/c1-3-34-17-24(20-6-8-21(31)9-7-20)30(36)25(18-34)27(35)14-19-4-10-22(11-5-19)38-28-12-13-32-26-15-23(37-2)16-33-29(26)28/h4-13,15-18H,3,14H2,1-2H3. The number of ether oxygens (including phenoxy) is 2. The summed E-state index contributed by atoms with van der Waals surface area (Å²) in [5.41, 5.74) is 2.62. The fourth-order valence-electron chi connectivity index (χ4n) is 4.11. The van der Waals surface area contributed by atoms with Crippen LogP contribution in [-0.2, 0) is 13.0 Å². The molecule has 0 amide bonds. The van der Waals surface area contributed by atoms with Crippen LogP contribution in [0.3, 0.4) is 0 Å². The maximum Gasteiger partial charge on any atom is 0.200 e. The highest BCUT2D eigenvalue weighted by molar-refractivity contribution is 5.98. The van der Waals surface area contributed by atoms with Gasteiger partial charge in [0.05, 0.1) is 24.4 Å². The summed E-state index contributed by atoms with van der Waals surface area (Å²) >= 11 is 0. The quantitative estimate of drug-likeness (QED) is 0.244. The lowest BCUT2D eigenvalue weighted by molar-refractivity contribution is 0.0991. The van der Waals surface area contributed by atoms with Gasteiger partial charge in [-0.15, -0.1) is 0 Å². The Morgan fingerprint density at radius 3 is 2.45 bits per heavy atom. The van der Waals surface area contributed by atoms with Crippen molar-refractivity contribution in [3.05, 3.63) is 113 Å². The van der Waals surface area contributed by atoms with Crippen molar-refractivity contribution in [1.29, 1.82) is 0 Å². The lowest BCUT2D eigenvalue weighted by Gasteiger charge is -2.11. The van der Waals surface area contributed by atoms with Gasteiger partial charge in [-0.1, -0.05) is 24.3 Å². The second kappa shape index (κ2) is 10.6. The second-order valence-electron chi connectivity index (χ2n) is 8.65. The smallest absolute Gasteiger partial charge is 0.200 e. The van der Waals surface area contributed by atoms with E-state index >= 15 is 0 Å². The molecule has 0 saturated carbocycles. The fraction of sp³-hybridized carbons (Fsp3) is 0.133. The highest BCUT2D eigenvalue weighted by atomic mass is 19.1. The van der Waals surface area contributed by atoms with Crippen LogP contribution in [-0.4, -0.2) is 27.4 Å². The van der Waals surface area contributed by atoms with E-state index in [9.17, 15) is 14.0 Å². The van der Waals surface area contributed by atoms with Crippen molar-refractivity contribution >= 4 is 16.8 Å². The van der Waals surface area contributed by atoms with Crippen LogP contribution in [0.15, 0.2) is 90.2 Å². The molecule has 0 N–H and O–H groups in total. The molecule has 5 rings (SSSR count). The number of carbonyl (C=O) groups excluding carboxylic acids is 1. The molecule has 0 fully saturated rings. The number of aromatic nitrogens is 3. The highest BCUT2D eigenvalue weighted by Crippen LogP contribution is 2.29. The molecule has 0 saturated heterocycles. The Labute approximate surface area is 218 Å². The predicted octanol–water partition coefficient (Wildman–Crippen LogP) is 5.84. The monoisotopic (exact) mass is 509 g/mol. The van der Waals surface area contributed by atoms with Gasteiger partial charge in [0.25, 0.3) is 0 Å². The van der Waals surface area contributed by atoms with Gasteiger partial charge in [-0.3, -0.25) is 14.6 Å². The molecule has 0 atom stereocenters. The molecular formula is C30H24FN3O4.